The van der Waals surface area contributed by atoms with Crippen LogP contribution in [0.5, 0.6) is 11.5 Å². The van der Waals surface area contributed by atoms with E-state index in [1.807, 2.05) is 36.4 Å². The number of hydrogen-bond acceptors (Lipinski definition) is 4. The Kier molecular flexibility index (Phi) is 5.64. The van der Waals surface area contributed by atoms with Crippen molar-refractivity contribution in [3.8, 4) is 11.5 Å². The van der Waals surface area contributed by atoms with Crippen molar-refractivity contribution in [2.24, 2.45) is 5.92 Å². The van der Waals surface area contributed by atoms with Gasteiger partial charge in [-0.15, -0.1) is 11.8 Å². The van der Waals surface area contributed by atoms with Crippen molar-refractivity contribution in [2.75, 3.05) is 26.0 Å². The number of benzene rings is 2. The van der Waals surface area contributed by atoms with Crippen molar-refractivity contribution in [3.05, 3.63) is 54.1 Å². The average molecular weight is 343 g/mol. The van der Waals surface area contributed by atoms with Crippen molar-refractivity contribution < 1.29 is 14.3 Å². The molecule has 0 saturated carbocycles. The van der Waals surface area contributed by atoms with Gasteiger partial charge in [0.25, 0.3) is 0 Å². The van der Waals surface area contributed by atoms with Gasteiger partial charge in [-0.3, -0.25) is 4.79 Å². The smallest absolute Gasteiger partial charge is 0.226 e. The Morgan fingerprint density at radius 3 is 2.88 bits per heavy atom. The fourth-order valence-corrected chi connectivity index (χ4v) is 3.52. The molecule has 1 amide bonds. The Labute approximate surface area is 146 Å². The topological polar surface area (TPSA) is 47.6 Å². The lowest BCUT2D eigenvalue weighted by Gasteiger charge is -2.25. The number of rotatable bonds is 6. The Balaban J connectivity index is 1.48. The highest BCUT2D eigenvalue weighted by atomic mass is 32.2. The van der Waals surface area contributed by atoms with Crippen LogP contribution in [-0.4, -0.2) is 31.9 Å². The number of nitrogens with one attached hydrogen (secondary N) is 1. The second-order valence-corrected chi connectivity index (χ2v) is 6.78. The van der Waals surface area contributed by atoms with Gasteiger partial charge in [-0.1, -0.05) is 30.3 Å². The molecule has 126 valence electrons. The lowest BCUT2D eigenvalue weighted by atomic mass is 9.95. The fraction of sp³-hybridized carbons (Fsp3) is 0.316. The summed E-state index contributed by atoms with van der Waals surface area (Å²) < 4.78 is 11.1. The zero-order valence-electron chi connectivity index (χ0n) is 13.7. The summed E-state index contributed by atoms with van der Waals surface area (Å²) in [6, 6.07) is 16.0. The number of thioether (sulfide) groups is 1. The van der Waals surface area contributed by atoms with Crippen molar-refractivity contribution in [2.45, 2.75) is 11.3 Å². The zero-order valence-corrected chi connectivity index (χ0v) is 14.5. The number of para-hydroxylation sites is 1. The van der Waals surface area contributed by atoms with E-state index in [1.54, 1.807) is 18.9 Å². The van der Waals surface area contributed by atoms with Crippen molar-refractivity contribution in [1.29, 1.82) is 0 Å². The normalized spacial score (nSPS) is 16.0. The van der Waals surface area contributed by atoms with Crippen LogP contribution in [-0.2, 0) is 11.2 Å². The number of carbonyl (C=O) groups is 1. The third-order valence-corrected chi connectivity index (χ3v) is 4.97. The molecule has 0 aliphatic carbocycles. The fourth-order valence-electron chi connectivity index (χ4n) is 2.73. The van der Waals surface area contributed by atoms with E-state index in [2.05, 4.69) is 17.4 Å². The Bertz CT molecular complexity index is 690. The second kappa shape index (κ2) is 8.11. The minimum atomic E-state index is -0.147. The van der Waals surface area contributed by atoms with Crippen molar-refractivity contribution in [3.63, 3.8) is 0 Å². The van der Waals surface area contributed by atoms with Crippen LogP contribution < -0.4 is 14.8 Å². The maximum absolute atomic E-state index is 12.3. The van der Waals surface area contributed by atoms with E-state index in [0.29, 0.717) is 19.6 Å². The van der Waals surface area contributed by atoms with Gasteiger partial charge in [0.05, 0.1) is 13.0 Å². The van der Waals surface area contributed by atoms with Crippen molar-refractivity contribution >= 4 is 17.7 Å². The van der Waals surface area contributed by atoms with Crippen LogP contribution in [0.1, 0.15) is 5.56 Å². The van der Waals surface area contributed by atoms with E-state index in [0.717, 1.165) is 22.8 Å². The quantitative estimate of drug-likeness (QED) is 0.646. The van der Waals surface area contributed by atoms with E-state index in [-0.39, 0.29) is 11.8 Å². The minimum Gasteiger partial charge on any atom is -0.493 e. The predicted octanol–water partition coefficient (Wildman–Crippen LogP) is 3.15. The molecule has 0 bridgehead atoms. The van der Waals surface area contributed by atoms with Gasteiger partial charge in [0.15, 0.2) is 11.5 Å². The third kappa shape index (κ3) is 4.03. The molecule has 1 unspecified atom stereocenters. The summed E-state index contributed by atoms with van der Waals surface area (Å²) in [5, 5.41) is 3.01. The van der Waals surface area contributed by atoms with E-state index in [4.69, 9.17) is 9.47 Å². The van der Waals surface area contributed by atoms with Crippen molar-refractivity contribution in [1.82, 2.24) is 5.32 Å². The van der Waals surface area contributed by atoms with Gasteiger partial charge in [0.2, 0.25) is 5.91 Å². The van der Waals surface area contributed by atoms with E-state index in [1.165, 1.54) is 4.90 Å². The Hall–Kier alpha value is -2.14. The first-order valence-electron chi connectivity index (χ1n) is 8.02. The molecule has 1 aliphatic heterocycles. The van der Waals surface area contributed by atoms with Crippen LogP contribution in [0.15, 0.2) is 53.4 Å². The van der Waals surface area contributed by atoms with Gasteiger partial charge < -0.3 is 14.8 Å². The first kappa shape index (κ1) is 16.7. The first-order chi connectivity index (χ1) is 11.8. The van der Waals surface area contributed by atoms with Gasteiger partial charge in [-0.2, -0.15) is 0 Å². The molecule has 1 aliphatic rings. The molecule has 0 spiro atoms. The molecular weight excluding hydrogens is 322 g/mol. The van der Waals surface area contributed by atoms with E-state index >= 15 is 0 Å². The maximum Gasteiger partial charge on any atom is 0.226 e. The number of fused-ring (bicyclic) bond motifs is 1. The standard InChI is InChI=1S/C19H21NO3S/c1-22-17-9-5-6-14-12-15(13-23-18(14)17)19(21)20-10-11-24-16-7-3-2-4-8-16/h2-9,15H,10-13H2,1H3,(H,20,21). The molecule has 5 heteroatoms. The molecule has 4 nitrogen and oxygen atoms in total. The van der Waals surface area contributed by atoms with Gasteiger partial charge >= 0.3 is 0 Å². The summed E-state index contributed by atoms with van der Waals surface area (Å²) >= 11 is 1.74. The molecule has 3 rings (SSSR count). The number of methoxy groups -OCH3 is 1. The maximum atomic E-state index is 12.3. The number of carbonyl (C=O) groups excluding carboxylic acids is 1. The monoisotopic (exact) mass is 343 g/mol. The number of ether oxygens (including phenoxy) is 2. The highest BCUT2D eigenvalue weighted by Gasteiger charge is 2.27. The summed E-state index contributed by atoms with van der Waals surface area (Å²) in [7, 11) is 1.63. The molecule has 0 fully saturated rings. The van der Waals surface area contributed by atoms with Gasteiger partial charge in [0.1, 0.15) is 6.61 Å². The molecule has 0 aromatic heterocycles. The molecule has 1 heterocycles. The molecule has 2 aromatic rings. The Morgan fingerprint density at radius 2 is 2.08 bits per heavy atom. The SMILES string of the molecule is COc1cccc2c1OCC(C(=O)NCCSc1ccccc1)C2. The van der Waals surface area contributed by atoms with Gasteiger partial charge in [-0.25, -0.2) is 0 Å². The lowest BCUT2D eigenvalue weighted by molar-refractivity contribution is -0.126. The molecule has 1 atom stereocenters. The highest BCUT2D eigenvalue weighted by Crippen LogP contribution is 2.36. The molecule has 2 aromatic carbocycles. The van der Waals surface area contributed by atoms with E-state index < -0.39 is 0 Å². The van der Waals surface area contributed by atoms with Crippen LogP contribution in [0.25, 0.3) is 0 Å². The largest absolute Gasteiger partial charge is 0.493 e. The zero-order chi connectivity index (χ0) is 16.8. The average Bonchev–Trinajstić information content (AvgIpc) is 2.65. The first-order valence-corrected chi connectivity index (χ1v) is 9.00. The number of amides is 1. The van der Waals surface area contributed by atoms with Crippen LogP contribution in [0.2, 0.25) is 0 Å². The summed E-state index contributed by atoms with van der Waals surface area (Å²) in [6.07, 6.45) is 0.685. The predicted molar refractivity (Wildman–Crippen MR) is 95.9 cm³/mol. The molecule has 24 heavy (non-hydrogen) atoms. The summed E-state index contributed by atoms with van der Waals surface area (Å²) in [5.74, 6) is 2.26. The van der Waals surface area contributed by atoms with E-state index in [9.17, 15) is 4.79 Å². The second-order valence-electron chi connectivity index (χ2n) is 5.61. The number of hydrogen-bond donors (Lipinski definition) is 1. The lowest BCUT2D eigenvalue weighted by Crippen LogP contribution is -2.38. The van der Waals surface area contributed by atoms with Gasteiger partial charge in [-0.05, 0) is 30.2 Å². The molecular formula is C19H21NO3S. The van der Waals surface area contributed by atoms with Crippen LogP contribution in [0.3, 0.4) is 0 Å². The third-order valence-electron chi connectivity index (χ3n) is 3.96. The van der Waals surface area contributed by atoms with Gasteiger partial charge in [0, 0.05) is 17.2 Å². The summed E-state index contributed by atoms with van der Waals surface area (Å²) in [5.41, 5.74) is 1.03. The summed E-state index contributed by atoms with van der Waals surface area (Å²) in [4.78, 5) is 13.6. The van der Waals surface area contributed by atoms with Crippen LogP contribution in [0, 0.1) is 5.92 Å². The Morgan fingerprint density at radius 1 is 1.25 bits per heavy atom. The highest BCUT2D eigenvalue weighted by molar-refractivity contribution is 7.99. The molecule has 0 saturated heterocycles. The summed E-state index contributed by atoms with van der Waals surface area (Å²) in [6.45, 7) is 1.05. The molecule has 0 radical (unpaired) electrons. The van der Waals surface area contributed by atoms with Crippen LogP contribution in [0.4, 0.5) is 0 Å². The minimum absolute atomic E-state index is 0.0529. The molecule has 1 N–H and O–H groups in total. The van der Waals surface area contributed by atoms with Crippen LogP contribution >= 0.6 is 11.8 Å².